The molecular weight excluding hydrogens is 622 g/mol. The van der Waals surface area contributed by atoms with Crippen molar-refractivity contribution in [3.8, 4) is 0 Å². The second-order valence-corrected chi connectivity index (χ2v) is 13.2. The van der Waals surface area contributed by atoms with E-state index in [1.165, 1.54) is 51.4 Å². The molecule has 0 fully saturated rings. The van der Waals surface area contributed by atoms with Gasteiger partial charge >= 0.3 is 0 Å². The SMILES string of the molecule is CC(O)CCCCCCCCOCCCCCOCCOCCCCCCCCN=C/C(COCCCCCOCCCCCC=O)=N\N. The summed E-state index contributed by atoms with van der Waals surface area (Å²) >= 11 is 0. The van der Waals surface area contributed by atoms with Crippen molar-refractivity contribution in [3.05, 3.63) is 0 Å². The topological polar surface area (TPSA) is 134 Å². The average Bonchev–Trinajstić information content (AvgIpc) is 3.10. The van der Waals surface area contributed by atoms with E-state index in [2.05, 4.69) is 10.1 Å². The first-order valence-electron chi connectivity index (χ1n) is 20.0. The van der Waals surface area contributed by atoms with Crippen molar-refractivity contribution in [3.63, 3.8) is 0 Å². The molecule has 0 heterocycles. The zero-order valence-corrected chi connectivity index (χ0v) is 31.6. The van der Waals surface area contributed by atoms with Gasteiger partial charge in [0.15, 0.2) is 0 Å². The molecule has 0 aliphatic heterocycles. The zero-order valence-electron chi connectivity index (χ0n) is 31.6. The van der Waals surface area contributed by atoms with Gasteiger partial charge in [0, 0.05) is 65.4 Å². The van der Waals surface area contributed by atoms with Crippen molar-refractivity contribution < 1.29 is 33.6 Å². The van der Waals surface area contributed by atoms with Crippen LogP contribution in [-0.2, 0) is 28.5 Å². The molecule has 10 heteroatoms. The highest BCUT2D eigenvalue weighted by molar-refractivity contribution is 6.31. The number of carbonyl (C=O) groups is 1. The Labute approximate surface area is 300 Å². The van der Waals surface area contributed by atoms with Crippen LogP contribution in [0.4, 0.5) is 0 Å². The van der Waals surface area contributed by atoms with Gasteiger partial charge < -0.3 is 39.4 Å². The smallest absolute Gasteiger partial charge is 0.119 e. The molecule has 1 unspecified atom stereocenters. The molecule has 0 aliphatic rings. The normalized spacial score (nSPS) is 12.7. The van der Waals surface area contributed by atoms with Crippen LogP contribution in [0.2, 0.25) is 0 Å². The van der Waals surface area contributed by atoms with E-state index >= 15 is 0 Å². The number of aliphatic hydroxyl groups is 1. The molecule has 0 rings (SSSR count). The number of nitrogens with two attached hydrogens (primary N) is 1. The molecule has 0 aromatic rings. The van der Waals surface area contributed by atoms with Crippen LogP contribution in [0.25, 0.3) is 0 Å². The molecule has 0 aliphatic carbocycles. The van der Waals surface area contributed by atoms with Gasteiger partial charge in [0.2, 0.25) is 0 Å². The van der Waals surface area contributed by atoms with Gasteiger partial charge in [0.1, 0.15) is 12.0 Å². The lowest BCUT2D eigenvalue weighted by molar-refractivity contribution is -0.107. The number of hydrogen-bond donors (Lipinski definition) is 2. The maximum absolute atomic E-state index is 10.3. The van der Waals surface area contributed by atoms with Gasteiger partial charge in [0.25, 0.3) is 0 Å². The quantitative estimate of drug-likeness (QED) is 0.0215. The molecule has 290 valence electrons. The molecule has 0 saturated carbocycles. The van der Waals surface area contributed by atoms with E-state index in [4.69, 9.17) is 29.5 Å². The summed E-state index contributed by atoms with van der Waals surface area (Å²) in [5.41, 5.74) is 0.679. The van der Waals surface area contributed by atoms with E-state index < -0.39 is 0 Å². The van der Waals surface area contributed by atoms with E-state index in [9.17, 15) is 9.90 Å². The number of aliphatic hydroxyl groups excluding tert-OH is 1. The molecule has 10 nitrogen and oxygen atoms in total. The number of nitrogens with zero attached hydrogens (tertiary/aromatic N) is 2. The lowest BCUT2D eigenvalue weighted by Gasteiger charge is -2.07. The van der Waals surface area contributed by atoms with E-state index in [0.29, 0.717) is 38.6 Å². The molecule has 1 atom stereocenters. The van der Waals surface area contributed by atoms with E-state index in [-0.39, 0.29) is 6.10 Å². The highest BCUT2D eigenvalue weighted by Gasteiger charge is 1.99. The first-order valence-corrected chi connectivity index (χ1v) is 20.0. The standard InChI is InChI=1S/C39H77N3O7/c1-38(44)24-14-6-2-4-9-17-27-45-29-20-12-22-32-48-35-34-47-31-18-10-5-3-7-15-25-41-36-39(42-40)37-49-33-23-13-21-30-46-28-19-11-8-16-26-43/h26,36,38,44H,2-25,27-35,37,40H2,1H3/b41-36?,42-39+. The summed E-state index contributed by atoms with van der Waals surface area (Å²) in [5, 5.41) is 13.1. The van der Waals surface area contributed by atoms with Crippen LogP contribution >= 0.6 is 0 Å². The van der Waals surface area contributed by atoms with Crippen LogP contribution < -0.4 is 5.84 Å². The number of ether oxygens (including phenoxy) is 5. The summed E-state index contributed by atoms with van der Waals surface area (Å²) in [7, 11) is 0. The molecule has 3 N–H and O–H groups in total. The number of aliphatic imine (C=N–C) groups is 1. The molecular formula is C39H77N3O7. The molecule has 0 aromatic carbocycles. The summed E-state index contributed by atoms with van der Waals surface area (Å²) in [4.78, 5) is 14.7. The van der Waals surface area contributed by atoms with Gasteiger partial charge in [-0.25, -0.2) is 0 Å². The van der Waals surface area contributed by atoms with Gasteiger partial charge in [-0.1, -0.05) is 64.2 Å². The molecule has 49 heavy (non-hydrogen) atoms. The van der Waals surface area contributed by atoms with Crippen molar-refractivity contribution in [2.45, 2.75) is 161 Å². The van der Waals surface area contributed by atoms with Crippen LogP contribution in [0.1, 0.15) is 155 Å². The largest absolute Gasteiger partial charge is 0.393 e. The second kappa shape index (κ2) is 42.7. The summed E-state index contributed by atoms with van der Waals surface area (Å²) in [5.74, 6) is 5.49. The second-order valence-electron chi connectivity index (χ2n) is 13.2. The third-order valence-corrected chi connectivity index (χ3v) is 8.28. The van der Waals surface area contributed by atoms with Gasteiger partial charge in [-0.2, -0.15) is 5.10 Å². The van der Waals surface area contributed by atoms with E-state index in [1.807, 2.05) is 6.92 Å². The van der Waals surface area contributed by atoms with Crippen LogP contribution in [-0.4, -0.2) is 102 Å². The van der Waals surface area contributed by atoms with Crippen LogP contribution in [0.15, 0.2) is 10.1 Å². The minimum absolute atomic E-state index is 0.151. The van der Waals surface area contributed by atoms with E-state index in [1.54, 1.807) is 6.21 Å². The highest BCUT2D eigenvalue weighted by atomic mass is 16.5. The highest BCUT2D eigenvalue weighted by Crippen LogP contribution is 2.09. The van der Waals surface area contributed by atoms with Crippen molar-refractivity contribution in [2.75, 3.05) is 72.6 Å². The Morgan fingerprint density at radius 3 is 1.41 bits per heavy atom. The summed E-state index contributed by atoms with van der Waals surface area (Å²) in [6.07, 6.45) is 28.0. The van der Waals surface area contributed by atoms with Gasteiger partial charge in [0.05, 0.1) is 25.9 Å². The Bertz CT molecular complexity index is 710. The summed E-state index contributed by atoms with van der Waals surface area (Å²) in [6, 6.07) is 0. The maximum atomic E-state index is 10.3. The minimum atomic E-state index is -0.151. The van der Waals surface area contributed by atoms with Crippen molar-refractivity contribution in [2.24, 2.45) is 15.9 Å². The summed E-state index contributed by atoms with van der Waals surface area (Å²) in [6.45, 7) is 10.0. The fourth-order valence-corrected chi connectivity index (χ4v) is 5.22. The molecule has 0 radical (unpaired) electrons. The Balaban J connectivity index is 3.27. The van der Waals surface area contributed by atoms with Crippen LogP contribution in [0, 0.1) is 0 Å². The zero-order chi connectivity index (χ0) is 35.6. The number of carbonyl (C=O) groups excluding carboxylic acids is 1. The predicted molar refractivity (Wildman–Crippen MR) is 203 cm³/mol. The lowest BCUT2D eigenvalue weighted by Crippen LogP contribution is -2.13. The molecule has 0 amide bonds. The van der Waals surface area contributed by atoms with Crippen molar-refractivity contribution >= 4 is 18.2 Å². The van der Waals surface area contributed by atoms with Gasteiger partial charge in [-0.15, -0.1) is 0 Å². The number of unbranched alkanes of at least 4 members (excludes halogenated alkanes) is 17. The lowest BCUT2D eigenvalue weighted by atomic mass is 10.1. The molecule has 0 aromatic heterocycles. The first kappa shape index (κ1) is 47.6. The van der Waals surface area contributed by atoms with Crippen LogP contribution in [0.3, 0.4) is 0 Å². The number of aldehydes is 1. The average molecular weight is 700 g/mol. The number of hydrogen-bond acceptors (Lipinski definition) is 10. The third-order valence-electron chi connectivity index (χ3n) is 8.28. The van der Waals surface area contributed by atoms with Gasteiger partial charge in [-0.3, -0.25) is 4.99 Å². The fourth-order valence-electron chi connectivity index (χ4n) is 5.22. The molecule has 0 spiro atoms. The van der Waals surface area contributed by atoms with Gasteiger partial charge in [-0.05, 0) is 84.0 Å². The van der Waals surface area contributed by atoms with E-state index in [0.717, 1.165) is 142 Å². The molecule has 0 saturated heterocycles. The Kier molecular flexibility index (Phi) is 41.5. The maximum Gasteiger partial charge on any atom is 0.119 e. The van der Waals surface area contributed by atoms with Crippen molar-refractivity contribution in [1.29, 1.82) is 0 Å². The van der Waals surface area contributed by atoms with Crippen LogP contribution in [0.5, 0.6) is 0 Å². The summed E-state index contributed by atoms with van der Waals surface area (Å²) < 4.78 is 28.5. The fraction of sp³-hybridized carbons (Fsp3) is 0.923. The number of rotatable bonds is 42. The minimum Gasteiger partial charge on any atom is -0.393 e. The first-order chi connectivity index (χ1) is 24.2. The third kappa shape index (κ3) is 42.7. The Hall–Kier alpha value is -1.43. The Morgan fingerprint density at radius 2 is 0.939 bits per heavy atom. The Morgan fingerprint density at radius 1 is 0.551 bits per heavy atom. The van der Waals surface area contributed by atoms with Crippen molar-refractivity contribution in [1.82, 2.24) is 0 Å². The monoisotopic (exact) mass is 700 g/mol. The predicted octanol–water partition coefficient (Wildman–Crippen LogP) is 8.01. The molecule has 0 bridgehead atoms. The number of hydrazone groups is 1.